The van der Waals surface area contributed by atoms with Crippen molar-refractivity contribution in [3.8, 4) is 11.3 Å². The second-order valence-electron chi connectivity index (χ2n) is 6.42. The van der Waals surface area contributed by atoms with Crippen LogP contribution in [0.4, 0.5) is 5.82 Å². The highest BCUT2D eigenvalue weighted by Gasteiger charge is 2.13. The molecular weight excluding hydrogens is 356 g/mol. The maximum absolute atomic E-state index is 4.63. The van der Waals surface area contributed by atoms with Gasteiger partial charge in [-0.1, -0.05) is 25.8 Å². The molecule has 0 radical (unpaired) electrons. The summed E-state index contributed by atoms with van der Waals surface area (Å²) < 4.78 is 5.28. The molecule has 1 aromatic carbocycles. The van der Waals surface area contributed by atoms with Gasteiger partial charge in [-0.25, -0.2) is 19.5 Å². The topological polar surface area (TPSA) is 68.0 Å². The molecule has 0 spiro atoms. The van der Waals surface area contributed by atoms with Gasteiger partial charge in [0.1, 0.15) is 17.7 Å². The molecule has 27 heavy (non-hydrogen) atoms. The summed E-state index contributed by atoms with van der Waals surface area (Å²) in [5.74, 6) is 2.67. The highest BCUT2D eigenvalue weighted by Crippen LogP contribution is 2.30. The summed E-state index contributed by atoms with van der Waals surface area (Å²) in [7, 11) is 0. The van der Waals surface area contributed by atoms with Crippen LogP contribution in [0.2, 0.25) is 0 Å². The quantitative estimate of drug-likeness (QED) is 0.388. The van der Waals surface area contributed by atoms with E-state index in [0.717, 1.165) is 57.9 Å². The lowest BCUT2D eigenvalue weighted by Gasteiger charge is -2.10. The molecular formula is C20H22N6S. The van der Waals surface area contributed by atoms with E-state index in [2.05, 4.69) is 62.9 Å². The number of fused-ring (bicyclic) bond motifs is 2. The van der Waals surface area contributed by atoms with Crippen molar-refractivity contribution in [2.24, 2.45) is 0 Å². The van der Waals surface area contributed by atoms with Gasteiger partial charge in [-0.2, -0.15) is 5.10 Å². The number of nitrogens with zero attached hydrogens (tertiary/aromatic N) is 5. The maximum atomic E-state index is 4.63. The number of benzene rings is 1. The molecule has 4 aromatic rings. The van der Waals surface area contributed by atoms with Crippen molar-refractivity contribution in [3.63, 3.8) is 0 Å². The van der Waals surface area contributed by atoms with Crippen LogP contribution in [0.1, 0.15) is 31.7 Å². The average Bonchev–Trinajstić information content (AvgIpc) is 3.12. The van der Waals surface area contributed by atoms with Crippen LogP contribution in [-0.4, -0.2) is 30.3 Å². The first-order valence-corrected chi connectivity index (χ1v) is 10.2. The lowest BCUT2D eigenvalue weighted by molar-refractivity contribution is 0.914. The molecule has 3 aromatic heterocycles. The Bertz CT molecular complexity index is 1100. The Morgan fingerprint density at radius 3 is 2.85 bits per heavy atom. The van der Waals surface area contributed by atoms with Crippen molar-refractivity contribution in [3.05, 3.63) is 48.2 Å². The molecule has 0 saturated heterocycles. The van der Waals surface area contributed by atoms with Crippen LogP contribution in [0.5, 0.6) is 0 Å². The van der Waals surface area contributed by atoms with Gasteiger partial charge in [0.25, 0.3) is 0 Å². The average molecular weight is 379 g/mol. The van der Waals surface area contributed by atoms with Gasteiger partial charge in [-0.3, -0.25) is 0 Å². The Hall–Kier alpha value is -2.67. The van der Waals surface area contributed by atoms with Crippen molar-refractivity contribution >= 4 is 34.2 Å². The third-order valence-electron chi connectivity index (χ3n) is 4.49. The van der Waals surface area contributed by atoms with Crippen LogP contribution in [-0.2, 0) is 6.42 Å². The summed E-state index contributed by atoms with van der Waals surface area (Å²) in [6, 6.07) is 8.50. The molecule has 0 unspecified atom stereocenters. The summed E-state index contributed by atoms with van der Waals surface area (Å²) in [5.41, 5.74) is 5.36. The zero-order valence-corrected chi connectivity index (χ0v) is 16.5. The first kappa shape index (κ1) is 17.7. The van der Waals surface area contributed by atoms with Crippen LogP contribution >= 0.6 is 11.9 Å². The molecule has 0 bridgehead atoms. The van der Waals surface area contributed by atoms with Crippen LogP contribution in [0, 0.1) is 6.92 Å². The minimum atomic E-state index is 0.797. The zero-order chi connectivity index (χ0) is 18.8. The van der Waals surface area contributed by atoms with Crippen LogP contribution in [0.15, 0.2) is 36.8 Å². The second kappa shape index (κ2) is 7.52. The number of hydrogen-bond acceptors (Lipinski definition) is 6. The van der Waals surface area contributed by atoms with Crippen LogP contribution in [0.25, 0.3) is 27.7 Å². The summed E-state index contributed by atoms with van der Waals surface area (Å²) in [5, 5.41) is 5.53. The van der Waals surface area contributed by atoms with Gasteiger partial charge in [0.15, 0.2) is 5.82 Å². The number of aromatic nitrogens is 5. The minimum Gasteiger partial charge on any atom is -0.313 e. The molecule has 0 atom stereocenters. The van der Waals surface area contributed by atoms with Crippen molar-refractivity contribution in [2.45, 2.75) is 33.6 Å². The molecule has 138 valence electrons. The summed E-state index contributed by atoms with van der Waals surface area (Å²) in [6.07, 6.45) is 5.53. The molecule has 6 nitrogen and oxygen atoms in total. The summed E-state index contributed by atoms with van der Waals surface area (Å²) in [4.78, 5) is 13.4. The van der Waals surface area contributed by atoms with Crippen molar-refractivity contribution in [1.82, 2.24) is 24.6 Å². The van der Waals surface area contributed by atoms with E-state index in [-0.39, 0.29) is 0 Å². The van der Waals surface area contributed by atoms with E-state index in [1.54, 1.807) is 18.3 Å². The van der Waals surface area contributed by atoms with Crippen molar-refractivity contribution in [2.75, 3.05) is 10.5 Å². The predicted molar refractivity (Wildman–Crippen MR) is 112 cm³/mol. The Morgan fingerprint density at radius 1 is 1.15 bits per heavy atom. The molecule has 0 amide bonds. The van der Waals surface area contributed by atoms with Crippen LogP contribution in [0.3, 0.4) is 0 Å². The third kappa shape index (κ3) is 3.35. The number of aryl methyl sites for hydroxylation is 2. The van der Waals surface area contributed by atoms with E-state index >= 15 is 0 Å². The SMILES string of the molecule is CCCSNc1ncnn2c(-c3cc(CC)c4nc(C)ncc4c3)ccc12. The van der Waals surface area contributed by atoms with E-state index in [4.69, 9.17) is 0 Å². The van der Waals surface area contributed by atoms with E-state index < -0.39 is 0 Å². The Balaban J connectivity index is 1.83. The van der Waals surface area contributed by atoms with Gasteiger partial charge in [-0.15, -0.1) is 0 Å². The summed E-state index contributed by atoms with van der Waals surface area (Å²) in [6.45, 7) is 6.24. The number of hydrogen-bond donors (Lipinski definition) is 1. The van der Waals surface area contributed by atoms with E-state index in [1.165, 1.54) is 5.56 Å². The van der Waals surface area contributed by atoms with Gasteiger partial charge < -0.3 is 4.72 Å². The highest BCUT2D eigenvalue weighted by molar-refractivity contribution is 8.00. The summed E-state index contributed by atoms with van der Waals surface area (Å²) >= 11 is 1.67. The second-order valence-corrected chi connectivity index (χ2v) is 7.32. The molecule has 1 N–H and O–H groups in total. The maximum Gasteiger partial charge on any atom is 0.163 e. The largest absolute Gasteiger partial charge is 0.313 e. The Kier molecular flexibility index (Phi) is 4.94. The lowest BCUT2D eigenvalue weighted by Crippen LogP contribution is -2.01. The molecule has 0 fully saturated rings. The van der Waals surface area contributed by atoms with Crippen molar-refractivity contribution < 1.29 is 0 Å². The molecule has 0 aliphatic carbocycles. The number of rotatable bonds is 6. The van der Waals surface area contributed by atoms with E-state index in [1.807, 2.05) is 17.6 Å². The van der Waals surface area contributed by atoms with Gasteiger partial charge >= 0.3 is 0 Å². The lowest BCUT2D eigenvalue weighted by atomic mass is 10.0. The van der Waals surface area contributed by atoms with Gasteiger partial charge in [0, 0.05) is 22.9 Å². The molecule has 3 heterocycles. The predicted octanol–water partition coefficient (Wildman–Crippen LogP) is 4.68. The Labute approximate surface area is 162 Å². The first-order valence-electron chi connectivity index (χ1n) is 9.18. The Morgan fingerprint density at radius 2 is 2.04 bits per heavy atom. The standard InChI is InChI=1S/C20H22N6S/c1-4-8-27-25-20-18-7-6-17(26(18)23-12-22-20)15-9-14(5-2)19-16(10-15)11-21-13(3)24-19/h6-7,9-12H,4-5,8H2,1-3H3,(H,22,23,25). The van der Waals surface area contributed by atoms with Gasteiger partial charge in [-0.05, 0) is 49.6 Å². The van der Waals surface area contributed by atoms with E-state index in [0.29, 0.717) is 0 Å². The molecule has 7 heteroatoms. The van der Waals surface area contributed by atoms with Gasteiger partial charge in [0.05, 0.1) is 11.2 Å². The normalized spacial score (nSPS) is 11.4. The monoisotopic (exact) mass is 378 g/mol. The van der Waals surface area contributed by atoms with Crippen LogP contribution < -0.4 is 4.72 Å². The zero-order valence-electron chi connectivity index (χ0n) is 15.7. The number of anilines is 1. The first-order chi connectivity index (χ1) is 13.2. The molecule has 0 aliphatic heterocycles. The van der Waals surface area contributed by atoms with Crippen molar-refractivity contribution in [1.29, 1.82) is 0 Å². The fourth-order valence-electron chi connectivity index (χ4n) is 3.18. The number of nitrogens with one attached hydrogen (secondary N) is 1. The van der Waals surface area contributed by atoms with Gasteiger partial charge in [0.2, 0.25) is 0 Å². The highest BCUT2D eigenvalue weighted by atomic mass is 32.2. The minimum absolute atomic E-state index is 0.797. The van der Waals surface area contributed by atoms with E-state index in [9.17, 15) is 0 Å². The fraction of sp³-hybridized carbons (Fsp3) is 0.300. The molecule has 0 aliphatic rings. The molecule has 0 saturated carbocycles. The smallest absolute Gasteiger partial charge is 0.163 e. The molecule has 4 rings (SSSR count). The fourth-order valence-corrected chi connectivity index (χ4v) is 3.78. The third-order valence-corrected chi connectivity index (χ3v) is 5.44.